The number of allylic oxidation sites excluding steroid dienone is 1. The highest BCUT2D eigenvalue weighted by Crippen LogP contribution is 2.40. The minimum atomic E-state index is 0.463. The second-order valence-corrected chi connectivity index (χ2v) is 6.36. The molecule has 1 saturated heterocycles. The summed E-state index contributed by atoms with van der Waals surface area (Å²) in [7, 11) is 0. The number of carbonyl (C=O) groups is 1. The Balaban J connectivity index is 1.72. The Morgan fingerprint density at radius 1 is 1.22 bits per heavy atom. The van der Waals surface area contributed by atoms with Crippen molar-refractivity contribution >= 4 is 5.78 Å². The van der Waals surface area contributed by atoms with Gasteiger partial charge in [-0.05, 0) is 56.4 Å². The average Bonchev–Trinajstić information content (AvgIpc) is 2.38. The van der Waals surface area contributed by atoms with E-state index in [0.717, 1.165) is 37.6 Å². The summed E-state index contributed by atoms with van der Waals surface area (Å²) >= 11 is 0. The average molecular weight is 247 g/mol. The van der Waals surface area contributed by atoms with Crippen LogP contribution in [0.4, 0.5) is 0 Å². The maximum Gasteiger partial charge on any atom is 0.158 e. The molecule has 0 spiro atoms. The summed E-state index contributed by atoms with van der Waals surface area (Å²) in [6, 6.07) is 1.40. The number of hydrogen-bond acceptors (Lipinski definition) is 2. The molecule has 1 unspecified atom stereocenters. The molecule has 0 aromatic carbocycles. The minimum absolute atomic E-state index is 0.463. The van der Waals surface area contributed by atoms with Gasteiger partial charge in [0.1, 0.15) is 0 Å². The van der Waals surface area contributed by atoms with Gasteiger partial charge in [-0.2, -0.15) is 0 Å². The van der Waals surface area contributed by atoms with Gasteiger partial charge < -0.3 is 5.32 Å². The number of piperidine rings is 1. The van der Waals surface area contributed by atoms with Crippen molar-refractivity contribution in [1.29, 1.82) is 0 Å². The van der Waals surface area contributed by atoms with Crippen LogP contribution < -0.4 is 5.32 Å². The topological polar surface area (TPSA) is 29.1 Å². The van der Waals surface area contributed by atoms with Gasteiger partial charge in [-0.25, -0.2) is 0 Å². The molecule has 1 aliphatic heterocycles. The van der Waals surface area contributed by atoms with E-state index in [4.69, 9.17) is 0 Å². The van der Waals surface area contributed by atoms with Crippen molar-refractivity contribution in [3.63, 3.8) is 0 Å². The number of ketones is 1. The molecular formula is C16H25NO. The van der Waals surface area contributed by atoms with Gasteiger partial charge in [-0.3, -0.25) is 4.79 Å². The maximum absolute atomic E-state index is 12.0. The molecule has 0 bridgehead atoms. The van der Waals surface area contributed by atoms with Crippen molar-refractivity contribution in [3.05, 3.63) is 11.1 Å². The first kappa shape index (κ1) is 12.4. The highest BCUT2D eigenvalue weighted by Gasteiger charge is 2.37. The standard InChI is InChI=1S/C16H25NO/c1-2-4-13-8-7-12-9-14-11(10-15(12)17-13)5-3-6-16(14)18/h12-13,15,17H,2-10H2,1H3/t12-,13-,15?/m1/s1. The zero-order chi connectivity index (χ0) is 12.5. The number of nitrogens with one attached hydrogen (secondary N) is 1. The summed E-state index contributed by atoms with van der Waals surface area (Å²) in [5, 5.41) is 3.86. The Kier molecular flexibility index (Phi) is 3.56. The zero-order valence-electron chi connectivity index (χ0n) is 11.5. The van der Waals surface area contributed by atoms with Crippen LogP contribution in [-0.4, -0.2) is 17.9 Å². The van der Waals surface area contributed by atoms with Crippen LogP contribution in [-0.2, 0) is 4.79 Å². The predicted octanol–water partition coefficient (Wildman–Crippen LogP) is 3.37. The molecule has 2 nitrogen and oxygen atoms in total. The molecule has 1 fully saturated rings. The molecule has 0 aromatic heterocycles. The fourth-order valence-electron chi connectivity index (χ4n) is 4.16. The molecule has 3 rings (SSSR count). The van der Waals surface area contributed by atoms with Gasteiger partial charge in [0.05, 0.1) is 0 Å². The molecule has 0 radical (unpaired) electrons. The van der Waals surface area contributed by atoms with Crippen molar-refractivity contribution in [1.82, 2.24) is 5.32 Å². The fraction of sp³-hybridized carbons (Fsp3) is 0.812. The zero-order valence-corrected chi connectivity index (χ0v) is 11.5. The Hall–Kier alpha value is -0.630. The van der Waals surface area contributed by atoms with Gasteiger partial charge in [-0.15, -0.1) is 0 Å². The van der Waals surface area contributed by atoms with E-state index in [9.17, 15) is 4.79 Å². The van der Waals surface area contributed by atoms with Crippen LogP contribution in [0, 0.1) is 5.92 Å². The Labute approximate surface area is 110 Å². The smallest absolute Gasteiger partial charge is 0.158 e. The third kappa shape index (κ3) is 2.27. The molecule has 1 N–H and O–H groups in total. The van der Waals surface area contributed by atoms with Gasteiger partial charge in [0.15, 0.2) is 5.78 Å². The van der Waals surface area contributed by atoms with Crippen molar-refractivity contribution in [2.45, 2.75) is 76.8 Å². The summed E-state index contributed by atoms with van der Waals surface area (Å²) in [4.78, 5) is 12.0. The highest BCUT2D eigenvalue weighted by molar-refractivity contribution is 5.97. The lowest BCUT2D eigenvalue weighted by Gasteiger charge is -2.42. The van der Waals surface area contributed by atoms with Crippen LogP contribution in [0.25, 0.3) is 0 Å². The third-order valence-electron chi connectivity index (χ3n) is 5.12. The maximum atomic E-state index is 12.0. The van der Waals surface area contributed by atoms with Gasteiger partial charge in [0.25, 0.3) is 0 Å². The van der Waals surface area contributed by atoms with Gasteiger partial charge in [0.2, 0.25) is 0 Å². The van der Waals surface area contributed by atoms with E-state index >= 15 is 0 Å². The normalized spacial score (nSPS) is 36.3. The third-order valence-corrected chi connectivity index (χ3v) is 5.12. The van der Waals surface area contributed by atoms with Gasteiger partial charge in [-0.1, -0.05) is 18.9 Å². The quantitative estimate of drug-likeness (QED) is 0.810. The number of carbonyl (C=O) groups excluding carboxylic acids is 1. The summed E-state index contributed by atoms with van der Waals surface area (Å²) in [6.07, 6.45) is 10.5. The largest absolute Gasteiger partial charge is 0.311 e. The molecule has 3 aliphatic rings. The van der Waals surface area contributed by atoms with E-state index in [1.807, 2.05) is 0 Å². The van der Waals surface area contributed by atoms with E-state index in [1.165, 1.54) is 43.3 Å². The Bertz CT molecular complexity index is 371. The van der Waals surface area contributed by atoms with Crippen molar-refractivity contribution in [2.24, 2.45) is 5.92 Å². The van der Waals surface area contributed by atoms with E-state index in [0.29, 0.717) is 11.8 Å². The second kappa shape index (κ2) is 5.16. The number of fused-ring (bicyclic) bond motifs is 1. The molecule has 0 amide bonds. The molecule has 100 valence electrons. The lowest BCUT2D eigenvalue weighted by atomic mass is 9.70. The predicted molar refractivity (Wildman–Crippen MR) is 73.5 cm³/mol. The lowest BCUT2D eigenvalue weighted by molar-refractivity contribution is -0.116. The van der Waals surface area contributed by atoms with Crippen LogP contribution in [0.3, 0.4) is 0 Å². The summed E-state index contributed by atoms with van der Waals surface area (Å²) in [6.45, 7) is 2.27. The minimum Gasteiger partial charge on any atom is -0.311 e. The molecular weight excluding hydrogens is 222 g/mol. The van der Waals surface area contributed by atoms with Crippen LogP contribution in [0.2, 0.25) is 0 Å². The first-order valence-electron chi connectivity index (χ1n) is 7.78. The molecule has 1 heterocycles. The summed E-state index contributed by atoms with van der Waals surface area (Å²) < 4.78 is 0. The van der Waals surface area contributed by atoms with E-state index in [2.05, 4.69) is 12.2 Å². The van der Waals surface area contributed by atoms with Crippen LogP contribution >= 0.6 is 0 Å². The Morgan fingerprint density at radius 2 is 2.11 bits per heavy atom. The first-order chi connectivity index (χ1) is 8.78. The van der Waals surface area contributed by atoms with Gasteiger partial charge >= 0.3 is 0 Å². The summed E-state index contributed by atoms with van der Waals surface area (Å²) in [5.41, 5.74) is 2.73. The summed E-state index contributed by atoms with van der Waals surface area (Å²) in [5.74, 6) is 1.20. The monoisotopic (exact) mass is 247 g/mol. The van der Waals surface area contributed by atoms with E-state index < -0.39 is 0 Å². The molecule has 3 atom stereocenters. The number of Topliss-reactive ketones (excluding diaryl/α,β-unsaturated/α-hetero) is 1. The van der Waals surface area contributed by atoms with Crippen LogP contribution in [0.1, 0.15) is 64.7 Å². The molecule has 0 saturated carbocycles. The molecule has 2 aliphatic carbocycles. The van der Waals surface area contributed by atoms with Crippen molar-refractivity contribution < 1.29 is 4.79 Å². The molecule has 2 heteroatoms. The van der Waals surface area contributed by atoms with Crippen molar-refractivity contribution in [2.75, 3.05) is 0 Å². The Morgan fingerprint density at radius 3 is 2.94 bits per heavy atom. The number of rotatable bonds is 2. The molecule has 18 heavy (non-hydrogen) atoms. The molecule has 0 aromatic rings. The lowest BCUT2D eigenvalue weighted by Crippen LogP contribution is -2.49. The second-order valence-electron chi connectivity index (χ2n) is 6.36. The van der Waals surface area contributed by atoms with Gasteiger partial charge in [0, 0.05) is 18.5 Å². The first-order valence-corrected chi connectivity index (χ1v) is 7.78. The highest BCUT2D eigenvalue weighted by atomic mass is 16.1. The van der Waals surface area contributed by atoms with Crippen LogP contribution in [0.5, 0.6) is 0 Å². The van der Waals surface area contributed by atoms with Crippen LogP contribution in [0.15, 0.2) is 11.1 Å². The fourth-order valence-corrected chi connectivity index (χ4v) is 4.16. The van der Waals surface area contributed by atoms with E-state index in [1.54, 1.807) is 0 Å². The van der Waals surface area contributed by atoms with E-state index in [-0.39, 0.29) is 0 Å². The van der Waals surface area contributed by atoms with Crippen molar-refractivity contribution in [3.8, 4) is 0 Å². The SMILES string of the molecule is CCC[C@@H]1CC[C@@H]2CC3=C(CCCC3=O)CC2N1. The number of hydrogen-bond donors (Lipinski definition) is 1.